The predicted octanol–water partition coefficient (Wildman–Crippen LogP) is 3.70. The van der Waals surface area contributed by atoms with Gasteiger partial charge in [-0.1, -0.05) is 37.6 Å². The Balaban J connectivity index is 2.13. The minimum absolute atomic E-state index is 0.142. The monoisotopic (exact) mass is 410 g/mol. The third kappa shape index (κ3) is 5.45. The average Bonchev–Trinajstić information content (AvgIpc) is 2.62. The summed E-state index contributed by atoms with van der Waals surface area (Å²) in [6.45, 7) is 5.90. The summed E-state index contributed by atoms with van der Waals surface area (Å²) in [7, 11) is -3.60. The van der Waals surface area contributed by atoms with Crippen LogP contribution in [-0.2, 0) is 14.8 Å². The van der Waals surface area contributed by atoms with E-state index in [0.29, 0.717) is 29.5 Å². The standard InChI is InChI=1S/C19H23ClN2O4S/c1-4-22(5-2)27(24,25)17-10-9-14(3)18(12-17)21-19(23)13-26-16-8-6-7-15(20)11-16/h6-12H,4-5,13H2,1-3H3,(H,21,23). The van der Waals surface area contributed by atoms with Gasteiger partial charge in [-0.2, -0.15) is 4.31 Å². The summed E-state index contributed by atoms with van der Waals surface area (Å²) in [4.78, 5) is 12.3. The summed E-state index contributed by atoms with van der Waals surface area (Å²) in [5.74, 6) is 0.0858. The third-order valence-corrected chi connectivity index (χ3v) is 6.27. The largest absolute Gasteiger partial charge is 0.484 e. The minimum Gasteiger partial charge on any atom is -0.484 e. The molecule has 0 fully saturated rings. The highest BCUT2D eigenvalue weighted by Gasteiger charge is 2.22. The van der Waals surface area contributed by atoms with Crippen molar-refractivity contribution in [2.45, 2.75) is 25.7 Å². The van der Waals surface area contributed by atoms with Gasteiger partial charge in [0, 0.05) is 23.8 Å². The Hall–Kier alpha value is -2.09. The van der Waals surface area contributed by atoms with Gasteiger partial charge in [0.15, 0.2) is 6.61 Å². The first-order valence-electron chi connectivity index (χ1n) is 8.57. The van der Waals surface area contributed by atoms with Crippen molar-refractivity contribution in [1.82, 2.24) is 4.31 Å². The van der Waals surface area contributed by atoms with Gasteiger partial charge in [0.1, 0.15) is 5.75 Å². The first-order chi connectivity index (χ1) is 12.8. The molecule has 1 N–H and O–H groups in total. The van der Waals surface area contributed by atoms with Crippen molar-refractivity contribution in [1.29, 1.82) is 0 Å². The smallest absolute Gasteiger partial charge is 0.262 e. The van der Waals surface area contributed by atoms with Gasteiger partial charge >= 0.3 is 0 Å². The number of hydrogen-bond donors (Lipinski definition) is 1. The number of carbonyl (C=O) groups excluding carboxylic acids is 1. The third-order valence-electron chi connectivity index (χ3n) is 3.99. The second-order valence-corrected chi connectivity index (χ2v) is 8.23. The van der Waals surface area contributed by atoms with Crippen molar-refractivity contribution in [2.75, 3.05) is 25.0 Å². The van der Waals surface area contributed by atoms with E-state index < -0.39 is 15.9 Å². The number of ether oxygens (including phenoxy) is 1. The van der Waals surface area contributed by atoms with Gasteiger partial charge in [-0.25, -0.2) is 8.42 Å². The quantitative estimate of drug-likeness (QED) is 0.720. The molecule has 0 saturated heterocycles. The van der Waals surface area contributed by atoms with E-state index in [4.69, 9.17) is 16.3 Å². The molecule has 2 rings (SSSR count). The van der Waals surface area contributed by atoms with Gasteiger partial charge in [0.05, 0.1) is 4.90 Å². The summed E-state index contributed by atoms with van der Waals surface area (Å²) in [6.07, 6.45) is 0. The van der Waals surface area contributed by atoms with Crippen LogP contribution in [-0.4, -0.2) is 38.3 Å². The maximum Gasteiger partial charge on any atom is 0.262 e. The maximum absolute atomic E-state index is 12.7. The first-order valence-corrected chi connectivity index (χ1v) is 10.4. The lowest BCUT2D eigenvalue weighted by atomic mass is 10.2. The lowest BCUT2D eigenvalue weighted by Gasteiger charge is -2.19. The molecule has 2 aromatic rings. The van der Waals surface area contributed by atoms with E-state index in [1.54, 1.807) is 57.2 Å². The van der Waals surface area contributed by atoms with Crippen LogP contribution in [0, 0.1) is 6.92 Å². The highest BCUT2D eigenvalue weighted by atomic mass is 35.5. The van der Waals surface area contributed by atoms with Gasteiger partial charge < -0.3 is 10.1 Å². The molecular formula is C19H23ClN2O4S. The van der Waals surface area contributed by atoms with Crippen molar-refractivity contribution in [3.05, 3.63) is 53.1 Å². The Bertz CT molecular complexity index is 912. The second kappa shape index (κ2) is 9.21. The lowest BCUT2D eigenvalue weighted by Crippen LogP contribution is -2.30. The molecule has 0 unspecified atom stereocenters. The van der Waals surface area contributed by atoms with Crippen LogP contribution in [0.5, 0.6) is 5.75 Å². The van der Waals surface area contributed by atoms with Crippen LogP contribution in [0.2, 0.25) is 5.02 Å². The van der Waals surface area contributed by atoms with Crippen LogP contribution in [0.4, 0.5) is 5.69 Å². The van der Waals surface area contributed by atoms with Gasteiger partial charge in [-0.05, 0) is 42.8 Å². The SMILES string of the molecule is CCN(CC)S(=O)(=O)c1ccc(C)c(NC(=O)COc2cccc(Cl)c2)c1. The summed E-state index contributed by atoms with van der Waals surface area (Å²) in [5, 5.41) is 3.21. The predicted molar refractivity (Wildman–Crippen MR) is 107 cm³/mol. The Morgan fingerprint density at radius 1 is 1.15 bits per heavy atom. The zero-order valence-electron chi connectivity index (χ0n) is 15.5. The number of rotatable bonds is 8. The molecule has 0 aliphatic heterocycles. The van der Waals surface area contributed by atoms with E-state index >= 15 is 0 Å². The van der Waals surface area contributed by atoms with Gasteiger partial charge in [0.2, 0.25) is 10.0 Å². The molecule has 0 atom stereocenters. The van der Waals surface area contributed by atoms with E-state index in [-0.39, 0.29) is 11.5 Å². The summed E-state index contributed by atoms with van der Waals surface area (Å²) in [5.41, 5.74) is 1.19. The van der Waals surface area contributed by atoms with E-state index in [1.165, 1.54) is 10.4 Å². The van der Waals surface area contributed by atoms with Crippen LogP contribution in [0.3, 0.4) is 0 Å². The molecule has 0 aliphatic rings. The molecule has 1 amide bonds. The van der Waals surface area contributed by atoms with Crippen molar-refractivity contribution >= 4 is 33.2 Å². The molecule has 2 aromatic carbocycles. The molecule has 0 aromatic heterocycles. The van der Waals surface area contributed by atoms with E-state index in [9.17, 15) is 13.2 Å². The fourth-order valence-corrected chi connectivity index (χ4v) is 4.17. The number of carbonyl (C=O) groups is 1. The molecule has 0 saturated carbocycles. The van der Waals surface area contributed by atoms with Gasteiger partial charge in [-0.3, -0.25) is 4.79 Å². The van der Waals surface area contributed by atoms with E-state index in [0.717, 1.165) is 5.56 Å². The van der Waals surface area contributed by atoms with Crippen LogP contribution < -0.4 is 10.1 Å². The molecule has 0 heterocycles. The Morgan fingerprint density at radius 2 is 1.85 bits per heavy atom. The number of nitrogens with one attached hydrogen (secondary N) is 1. The van der Waals surface area contributed by atoms with Gasteiger partial charge in [0.25, 0.3) is 5.91 Å². The number of amides is 1. The zero-order valence-corrected chi connectivity index (χ0v) is 17.1. The van der Waals surface area contributed by atoms with Crippen molar-refractivity contribution in [3.8, 4) is 5.75 Å². The number of nitrogens with zero attached hydrogens (tertiary/aromatic N) is 1. The lowest BCUT2D eigenvalue weighted by molar-refractivity contribution is -0.118. The number of hydrogen-bond acceptors (Lipinski definition) is 4. The summed E-state index contributed by atoms with van der Waals surface area (Å²) >= 11 is 5.88. The number of anilines is 1. The van der Waals surface area contributed by atoms with E-state index in [2.05, 4.69) is 5.32 Å². The van der Waals surface area contributed by atoms with Crippen LogP contribution in [0.25, 0.3) is 0 Å². The molecular weight excluding hydrogens is 388 g/mol. The Labute approximate surface area is 165 Å². The zero-order chi connectivity index (χ0) is 20.0. The van der Waals surface area contributed by atoms with Crippen LogP contribution >= 0.6 is 11.6 Å². The highest BCUT2D eigenvalue weighted by molar-refractivity contribution is 7.89. The highest BCUT2D eigenvalue weighted by Crippen LogP contribution is 2.23. The first kappa shape index (κ1) is 21.2. The molecule has 8 heteroatoms. The normalized spacial score (nSPS) is 11.4. The average molecular weight is 411 g/mol. The van der Waals surface area contributed by atoms with Crippen LogP contribution in [0.15, 0.2) is 47.4 Å². The summed E-state index contributed by atoms with van der Waals surface area (Å²) < 4.78 is 32.1. The number of benzene rings is 2. The molecule has 0 aliphatic carbocycles. The Kier molecular flexibility index (Phi) is 7.24. The molecule has 0 spiro atoms. The molecule has 27 heavy (non-hydrogen) atoms. The topological polar surface area (TPSA) is 75.7 Å². The number of halogens is 1. The second-order valence-electron chi connectivity index (χ2n) is 5.86. The summed E-state index contributed by atoms with van der Waals surface area (Å²) in [6, 6.07) is 11.4. The fraction of sp³-hybridized carbons (Fsp3) is 0.316. The van der Waals surface area contributed by atoms with Crippen molar-refractivity contribution in [3.63, 3.8) is 0 Å². The number of sulfonamides is 1. The molecule has 0 radical (unpaired) electrons. The van der Waals surface area contributed by atoms with E-state index in [1.807, 2.05) is 0 Å². The minimum atomic E-state index is -3.60. The van der Waals surface area contributed by atoms with Gasteiger partial charge in [-0.15, -0.1) is 0 Å². The molecule has 0 bridgehead atoms. The van der Waals surface area contributed by atoms with Crippen molar-refractivity contribution < 1.29 is 17.9 Å². The Morgan fingerprint density at radius 3 is 2.48 bits per heavy atom. The fourth-order valence-electron chi connectivity index (χ4n) is 2.50. The molecule has 6 nitrogen and oxygen atoms in total. The van der Waals surface area contributed by atoms with Crippen LogP contribution in [0.1, 0.15) is 19.4 Å². The molecule has 146 valence electrons. The van der Waals surface area contributed by atoms with Crippen molar-refractivity contribution in [2.24, 2.45) is 0 Å². The number of aryl methyl sites for hydroxylation is 1. The maximum atomic E-state index is 12.7.